The van der Waals surface area contributed by atoms with Gasteiger partial charge in [-0.25, -0.2) is 4.39 Å². The van der Waals surface area contributed by atoms with E-state index >= 15 is 0 Å². The lowest BCUT2D eigenvalue weighted by atomic mass is 10.2. The molecule has 0 heterocycles. The van der Waals surface area contributed by atoms with Crippen molar-refractivity contribution < 1.29 is 19.4 Å². The number of benzene rings is 1. The van der Waals surface area contributed by atoms with Gasteiger partial charge < -0.3 is 15.5 Å². The Hall–Kier alpha value is -1.62. The van der Waals surface area contributed by atoms with Crippen LogP contribution in [0.5, 0.6) is 0 Å². The van der Waals surface area contributed by atoms with Gasteiger partial charge in [-0.15, -0.1) is 0 Å². The predicted octanol–water partition coefficient (Wildman–Crippen LogP) is 1.38. The van der Waals surface area contributed by atoms with Crippen LogP contribution in [-0.2, 0) is 4.79 Å². The lowest BCUT2D eigenvalue weighted by Gasteiger charge is -2.13. The normalized spacial score (nSPS) is 12.2. The Morgan fingerprint density at radius 1 is 1.56 bits per heavy atom. The van der Waals surface area contributed by atoms with E-state index < -0.39 is 17.9 Å². The first-order valence-corrected chi connectivity index (χ1v) is 4.89. The zero-order valence-electron chi connectivity index (χ0n) is 8.90. The number of halogens is 1. The largest absolute Gasteiger partial charge is 0.481 e. The molecule has 0 saturated heterocycles. The molecule has 16 heavy (non-hydrogen) atoms. The molecule has 3 N–H and O–H groups in total. The van der Waals surface area contributed by atoms with Gasteiger partial charge in [0, 0.05) is 6.54 Å². The van der Waals surface area contributed by atoms with Crippen molar-refractivity contribution >= 4 is 11.7 Å². The van der Waals surface area contributed by atoms with Crippen molar-refractivity contribution in [3.63, 3.8) is 0 Å². The first-order chi connectivity index (χ1) is 7.50. The molecule has 4 nitrogen and oxygen atoms in total. The van der Waals surface area contributed by atoms with Gasteiger partial charge in [0.25, 0.3) is 0 Å². The monoisotopic (exact) mass is 227 g/mol. The second-order valence-electron chi connectivity index (χ2n) is 3.56. The molecule has 0 bridgehead atoms. The van der Waals surface area contributed by atoms with E-state index in [0.717, 1.165) is 0 Å². The van der Waals surface area contributed by atoms with Crippen LogP contribution in [0.25, 0.3) is 0 Å². The molecule has 1 aromatic carbocycles. The fraction of sp³-hybridized carbons (Fsp3) is 0.364. The molecule has 0 fully saturated rings. The molecule has 0 saturated carbocycles. The number of aliphatic hydroxyl groups is 1. The first kappa shape index (κ1) is 12.4. The molecule has 0 aromatic heterocycles. The number of rotatable bonds is 5. The summed E-state index contributed by atoms with van der Waals surface area (Å²) in [6, 6.07) is 4.62. The molecule has 5 heteroatoms. The standard InChI is InChI=1S/C11H14FNO3/c1-7-3-2-4-9(12)11(7)13-6-8(14)5-10(15)16/h2-4,8,13-14H,5-6H2,1H3,(H,15,16). The van der Waals surface area contributed by atoms with Gasteiger partial charge in [-0.1, -0.05) is 12.1 Å². The van der Waals surface area contributed by atoms with E-state index in [1.165, 1.54) is 6.07 Å². The van der Waals surface area contributed by atoms with Gasteiger partial charge in [-0.05, 0) is 18.6 Å². The van der Waals surface area contributed by atoms with Gasteiger partial charge in [-0.2, -0.15) is 0 Å². The van der Waals surface area contributed by atoms with Crippen molar-refractivity contribution in [2.75, 3.05) is 11.9 Å². The van der Waals surface area contributed by atoms with Crippen molar-refractivity contribution in [2.45, 2.75) is 19.4 Å². The Labute approximate surface area is 92.7 Å². The third-order valence-corrected chi connectivity index (χ3v) is 2.15. The Morgan fingerprint density at radius 2 is 2.25 bits per heavy atom. The summed E-state index contributed by atoms with van der Waals surface area (Å²) in [6.45, 7) is 1.74. The summed E-state index contributed by atoms with van der Waals surface area (Å²) in [4.78, 5) is 10.3. The van der Waals surface area contributed by atoms with Gasteiger partial charge in [0.2, 0.25) is 0 Å². The Kier molecular flexibility index (Phi) is 4.25. The molecule has 0 radical (unpaired) electrons. The molecule has 0 spiro atoms. The quantitative estimate of drug-likeness (QED) is 0.710. The lowest BCUT2D eigenvalue weighted by molar-refractivity contribution is -0.138. The highest BCUT2D eigenvalue weighted by Gasteiger charge is 2.11. The van der Waals surface area contributed by atoms with Crippen LogP contribution in [0.15, 0.2) is 18.2 Å². The number of aliphatic carboxylic acids is 1. The number of carbonyl (C=O) groups is 1. The number of carboxylic acids is 1. The maximum Gasteiger partial charge on any atom is 0.306 e. The van der Waals surface area contributed by atoms with E-state index in [2.05, 4.69) is 5.32 Å². The average Bonchev–Trinajstić information content (AvgIpc) is 2.15. The Bertz CT molecular complexity index is 361. The van der Waals surface area contributed by atoms with Gasteiger partial charge in [-0.3, -0.25) is 4.79 Å². The number of aryl methyl sites for hydroxylation is 1. The summed E-state index contributed by atoms with van der Waals surface area (Å²) in [5.74, 6) is -1.50. The second kappa shape index (κ2) is 5.46. The van der Waals surface area contributed by atoms with E-state index in [4.69, 9.17) is 5.11 Å². The molecule has 0 aliphatic carbocycles. The van der Waals surface area contributed by atoms with E-state index in [1.807, 2.05) is 0 Å². The predicted molar refractivity (Wildman–Crippen MR) is 57.9 cm³/mol. The van der Waals surface area contributed by atoms with Crippen molar-refractivity contribution in [2.24, 2.45) is 0 Å². The number of anilines is 1. The van der Waals surface area contributed by atoms with E-state index in [1.54, 1.807) is 19.1 Å². The highest BCUT2D eigenvalue weighted by atomic mass is 19.1. The number of hydrogen-bond donors (Lipinski definition) is 3. The van der Waals surface area contributed by atoms with Crippen LogP contribution in [0.2, 0.25) is 0 Å². The van der Waals surface area contributed by atoms with Crippen LogP contribution in [-0.4, -0.2) is 28.8 Å². The molecular weight excluding hydrogens is 213 g/mol. The van der Waals surface area contributed by atoms with E-state index in [9.17, 15) is 14.3 Å². The van der Waals surface area contributed by atoms with Gasteiger partial charge in [0.15, 0.2) is 0 Å². The van der Waals surface area contributed by atoms with Gasteiger partial charge in [0.1, 0.15) is 5.82 Å². The van der Waals surface area contributed by atoms with Crippen LogP contribution < -0.4 is 5.32 Å². The van der Waals surface area contributed by atoms with E-state index in [-0.39, 0.29) is 13.0 Å². The summed E-state index contributed by atoms with van der Waals surface area (Å²) in [5, 5.41) is 20.4. The maximum atomic E-state index is 13.3. The summed E-state index contributed by atoms with van der Waals surface area (Å²) < 4.78 is 13.3. The minimum Gasteiger partial charge on any atom is -0.481 e. The summed E-state index contributed by atoms with van der Waals surface area (Å²) >= 11 is 0. The van der Waals surface area contributed by atoms with Crippen LogP contribution in [0.1, 0.15) is 12.0 Å². The molecule has 0 amide bonds. The first-order valence-electron chi connectivity index (χ1n) is 4.89. The van der Waals surface area contributed by atoms with Crippen LogP contribution in [0.4, 0.5) is 10.1 Å². The zero-order valence-corrected chi connectivity index (χ0v) is 8.90. The topological polar surface area (TPSA) is 69.6 Å². The molecule has 1 aromatic rings. The Balaban J connectivity index is 2.57. The molecule has 1 atom stereocenters. The molecule has 1 rings (SSSR count). The Morgan fingerprint density at radius 3 is 2.81 bits per heavy atom. The summed E-state index contributed by atoms with van der Waals surface area (Å²) in [5.41, 5.74) is 1.01. The minimum atomic E-state index is -1.08. The number of nitrogens with one attached hydrogen (secondary N) is 1. The van der Waals surface area contributed by atoms with Gasteiger partial charge >= 0.3 is 5.97 Å². The molecular formula is C11H14FNO3. The third-order valence-electron chi connectivity index (χ3n) is 2.15. The van der Waals surface area contributed by atoms with Crippen molar-refractivity contribution in [3.8, 4) is 0 Å². The minimum absolute atomic E-state index is 0.00801. The van der Waals surface area contributed by atoms with Crippen LogP contribution in [0, 0.1) is 12.7 Å². The second-order valence-corrected chi connectivity index (χ2v) is 3.56. The van der Waals surface area contributed by atoms with Crippen molar-refractivity contribution in [1.82, 2.24) is 0 Å². The van der Waals surface area contributed by atoms with Crippen molar-refractivity contribution in [3.05, 3.63) is 29.6 Å². The highest BCUT2D eigenvalue weighted by Crippen LogP contribution is 2.18. The molecule has 0 aliphatic heterocycles. The molecule has 0 aliphatic rings. The van der Waals surface area contributed by atoms with Crippen LogP contribution in [0.3, 0.4) is 0 Å². The smallest absolute Gasteiger partial charge is 0.306 e. The van der Waals surface area contributed by atoms with Crippen molar-refractivity contribution in [1.29, 1.82) is 0 Å². The number of aliphatic hydroxyl groups excluding tert-OH is 1. The third kappa shape index (κ3) is 3.51. The van der Waals surface area contributed by atoms with Crippen LogP contribution >= 0.6 is 0 Å². The molecule has 88 valence electrons. The fourth-order valence-electron chi connectivity index (χ4n) is 1.35. The SMILES string of the molecule is Cc1cccc(F)c1NCC(O)CC(=O)O. The van der Waals surface area contributed by atoms with E-state index in [0.29, 0.717) is 11.3 Å². The summed E-state index contributed by atoms with van der Waals surface area (Å²) in [7, 11) is 0. The highest BCUT2D eigenvalue weighted by molar-refractivity contribution is 5.67. The zero-order chi connectivity index (χ0) is 12.1. The average molecular weight is 227 g/mol. The molecule has 1 unspecified atom stereocenters. The number of para-hydroxylation sites is 1. The lowest BCUT2D eigenvalue weighted by Crippen LogP contribution is -2.23. The fourth-order valence-corrected chi connectivity index (χ4v) is 1.35. The number of hydrogen-bond acceptors (Lipinski definition) is 3. The van der Waals surface area contributed by atoms with Gasteiger partial charge in [0.05, 0.1) is 18.2 Å². The number of carboxylic acid groups (broad SMARTS) is 1. The summed E-state index contributed by atoms with van der Waals surface area (Å²) in [6.07, 6.45) is -1.39. The maximum absolute atomic E-state index is 13.3.